The molecule has 0 aliphatic heterocycles. The maximum absolute atomic E-state index is 14.4. The summed E-state index contributed by atoms with van der Waals surface area (Å²) in [4.78, 5) is 48.1. The fraction of sp³-hybridized carbons (Fsp3) is 0.103. The molecule has 2 aromatic carbocycles. The average Bonchev–Trinajstić information content (AvgIpc) is 3.04. The van der Waals surface area contributed by atoms with Crippen molar-refractivity contribution >= 4 is 23.9 Å². The van der Waals surface area contributed by atoms with Gasteiger partial charge in [0, 0.05) is 17.2 Å². The maximum atomic E-state index is 14.4. The summed E-state index contributed by atoms with van der Waals surface area (Å²) in [5.41, 5.74) is 0.719. The summed E-state index contributed by atoms with van der Waals surface area (Å²) in [6.45, 7) is 9.99. The number of rotatable bonds is 8. The second-order valence-corrected chi connectivity index (χ2v) is 8.14. The Morgan fingerprint density at radius 1 is 0.684 bits per heavy atom. The third-order valence-corrected chi connectivity index (χ3v) is 4.81. The van der Waals surface area contributed by atoms with E-state index in [1.54, 1.807) is 0 Å². The Labute approximate surface area is 218 Å². The zero-order chi connectivity index (χ0) is 27.8. The van der Waals surface area contributed by atoms with E-state index in [2.05, 4.69) is 13.2 Å². The predicted octanol–water partition coefficient (Wildman–Crippen LogP) is 5.69. The number of halogens is 1. The summed E-state index contributed by atoms with van der Waals surface area (Å²) in [6, 6.07) is 11.2. The number of esters is 4. The fourth-order valence-electron chi connectivity index (χ4n) is 2.84. The van der Waals surface area contributed by atoms with Gasteiger partial charge in [0.15, 0.2) is 0 Å². The molecule has 194 valence electrons. The van der Waals surface area contributed by atoms with Crippen LogP contribution in [0.2, 0.25) is 0 Å². The van der Waals surface area contributed by atoms with Crippen LogP contribution in [-0.2, 0) is 19.1 Å². The van der Waals surface area contributed by atoms with Crippen LogP contribution in [0.3, 0.4) is 0 Å². The summed E-state index contributed by atoms with van der Waals surface area (Å²) in [7, 11) is 0. The van der Waals surface area contributed by atoms with Gasteiger partial charge in [-0.05, 0) is 74.5 Å². The Kier molecular flexibility index (Phi) is 8.89. The first-order valence-corrected chi connectivity index (χ1v) is 11.2. The van der Waals surface area contributed by atoms with E-state index in [4.69, 9.17) is 18.9 Å². The van der Waals surface area contributed by atoms with Gasteiger partial charge in [0.1, 0.15) is 28.8 Å². The third kappa shape index (κ3) is 7.72. The Hall–Kier alpha value is -5.05. The predicted molar refractivity (Wildman–Crippen MR) is 135 cm³/mol. The molecule has 0 unspecified atom stereocenters. The van der Waals surface area contributed by atoms with E-state index >= 15 is 0 Å². The summed E-state index contributed by atoms with van der Waals surface area (Å²) >= 11 is 0. The number of ether oxygens (including phenoxy) is 4. The molecule has 0 saturated carbocycles. The van der Waals surface area contributed by atoms with Crippen LogP contribution < -0.4 is 9.47 Å². The molecule has 9 heteroatoms. The van der Waals surface area contributed by atoms with Gasteiger partial charge in [-0.3, -0.25) is 0 Å². The van der Waals surface area contributed by atoms with Gasteiger partial charge in [-0.25, -0.2) is 23.6 Å². The van der Waals surface area contributed by atoms with E-state index in [-0.39, 0.29) is 51.7 Å². The van der Waals surface area contributed by atoms with Crippen LogP contribution >= 0.6 is 0 Å². The molecule has 0 bridgehead atoms. The maximum Gasteiger partial charge on any atom is 0.343 e. The quantitative estimate of drug-likeness (QED) is 0.249. The molecule has 0 spiro atoms. The van der Waals surface area contributed by atoms with E-state index in [0.717, 1.165) is 6.08 Å². The highest BCUT2D eigenvalue weighted by Crippen LogP contribution is 2.24. The highest BCUT2D eigenvalue weighted by Gasteiger charge is 2.17. The van der Waals surface area contributed by atoms with E-state index in [1.807, 2.05) is 0 Å². The van der Waals surface area contributed by atoms with Crippen molar-refractivity contribution in [2.75, 3.05) is 0 Å². The van der Waals surface area contributed by atoms with Crippen molar-refractivity contribution in [2.24, 2.45) is 0 Å². The molecule has 0 aromatic heterocycles. The average molecular weight is 518 g/mol. The number of carbonyl (C=O) groups is 4. The largest absolute Gasteiger partial charge is 0.427 e. The Balaban J connectivity index is 1.63. The van der Waals surface area contributed by atoms with Gasteiger partial charge in [-0.1, -0.05) is 13.2 Å². The molecule has 8 nitrogen and oxygen atoms in total. The molecule has 0 heterocycles. The lowest BCUT2D eigenvalue weighted by Crippen LogP contribution is -2.09. The minimum Gasteiger partial charge on any atom is -0.427 e. The number of carbonyl (C=O) groups excluding carboxylic acids is 4. The SMILES string of the molecule is C=C(C)C(=O)Oc1ccc(C(=O)OC2=CC=C(OC(=O)c3ccc(OC(=O)C(=C)C)cc3)CC(F)=C2)cc1. The molecule has 2 aromatic rings. The smallest absolute Gasteiger partial charge is 0.343 e. The minimum absolute atomic E-state index is 0.0173. The molecular formula is C29H23FO8. The van der Waals surface area contributed by atoms with Crippen LogP contribution in [0.15, 0.2) is 108 Å². The van der Waals surface area contributed by atoms with Crippen molar-refractivity contribution in [3.8, 4) is 11.5 Å². The van der Waals surface area contributed by atoms with Crippen molar-refractivity contribution in [3.63, 3.8) is 0 Å². The zero-order valence-corrected chi connectivity index (χ0v) is 20.6. The number of allylic oxidation sites excluding steroid dienone is 4. The van der Waals surface area contributed by atoms with Crippen LogP contribution in [0.1, 0.15) is 41.0 Å². The summed E-state index contributed by atoms with van der Waals surface area (Å²) in [5.74, 6) is -3.15. The highest BCUT2D eigenvalue weighted by molar-refractivity contribution is 5.92. The number of benzene rings is 2. The van der Waals surface area contributed by atoms with E-state index in [9.17, 15) is 23.6 Å². The molecule has 0 saturated heterocycles. The normalized spacial score (nSPS) is 12.6. The van der Waals surface area contributed by atoms with Crippen LogP contribution in [0, 0.1) is 0 Å². The van der Waals surface area contributed by atoms with Gasteiger partial charge < -0.3 is 18.9 Å². The first-order valence-electron chi connectivity index (χ1n) is 11.2. The molecule has 1 aliphatic rings. The van der Waals surface area contributed by atoms with Crippen LogP contribution in [0.25, 0.3) is 0 Å². The van der Waals surface area contributed by atoms with Gasteiger partial charge in [0.05, 0.1) is 17.5 Å². The van der Waals surface area contributed by atoms with Crippen molar-refractivity contribution in [1.29, 1.82) is 0 Å². The molecule has 0 N–H and O–H groups in total. The zero-order valence-electron chi connectivity index (χ0n) is 20.6. The van der Waals surface area contributed by atoms with E-state index in [0.29, 0.717) is 0 Å². The molecule has 38 heavy (non-hydrogen) atoms. The van der Waals surface area contributed by atoms with Gasteiger partial charge >= 0.3 is 23.9 Å². The van der Waals surface area contributed by atoms with Gasteiger partial charge in [-0.2, -0.15) is 0 Å². The van der Waals surface area contributed by atoms with E-state index in [1.165, 1.54) is 74.5 Å². The van der Waals surface area contributed by atoms with Gasteiger partial charge in [-0.15, -0.1) is 0 Å². The molecule has 0 radical (unpaired) electrons. The second-order valence-electron chi connectivity index (χ2n) is 8.14. The standard InChI is InChI=1S/C29H23FO8/c1-17(2)26(31)35-22-9-5-19(6-10-22)28(33)37-24-13-14-25(16-21(30)15-24)38-29(34)20-7-11-23(12-8-20)36-27(32)18(3)4/h5-15H,1,3,16H2,2,4H3. The lowest BCUT2D eigenvalue weighted by molar-refractivity contribution is -0.130. The molecule has 0 amide bonds. The molecule has 0 atom stereocenters. The third-order valence-electron chi connectivity index (χ3n) is 4.81. The van der Waals surface area contributed by atoms with Gasteiger partial charge in [0.25, 0.3) is 0 Å². The second kappa shape index (κ2) is 12.3. The van der Waals surface area contributed by atoms with Crippen LogP contribution in [-0.4, -0.2) is 23.9 Å². The Morgan fingerprint density at radius 3 is 1.58 bits per heavy atom. The molecule has 0 fully saturated rings. The first-order chi connectivity index (χ1) is 18.0. The van der Waals surface area contributed by atoms with Crippen molar-refractivity contribution in [2.45, 2.75) is 20.3 Å². The van der Waals surface area contributed by atoms with Crippen LogP contribution in [0.5, 0.6) is 11.5 Å². The number of hydrogen-bond donors (Lipinski definition) is 0. The van der Waals surface area contributed by atoms with E-state index < -0.39 is 29.7 Å². The van der Waals surface area contributed by atoms with Gasteiger partial charge in [0.2, 0.25) is 0 Å². The highest BCUT2D eigenvalue weighted by atomic mass is 19.1. The summed E-state index contributed by atoms with van der Waals surface area (Å²) in [6.07, 6.45) is 3.26. The minimum atomic E-state index is -0.778. The van der Waals surface area contributed by atoms with Crippen LogP contribution in [0.4, 0.5) is 4.39 Å². The topological polar surface area (TPSA) is 105 Å². The Bertz CT molecular complexity index is 1390. The molecule has 1 aliphatic carbocycles. The van der Waals surface area contributed by atoms with Crippen molar-refractivity contribution in [1.82, 2.24) is 0 Å². The Morgan fingerprint density at radius 2 is 1.13 bits per heavy atom. The lowest BCUT2D eigenvalue weighted by Gasteiger charge is -2.08. The first kappa shape index (κ1) is 27.5. The van der Waals surface area contributed by atoms with Crippen molar-refractivity contribution in [3.05, 3.63) is 120 Å². The number of hydrogen-bond acceptors (Lipinski definition) is 8. The monoisotopic (exact) mass is 518 g/mol. The summed E-state index contributed by atoms with van der Waals surface area (Å²) in [5, 5.41) is 0. The lowest BCUT2D eigenvalue weighted by atomic mass is 10.2. The fourth-order valence-corrected chi connectivity index (χ4v) is 2.84. The summed E-state index contributed by atoms with van der Waals surface area (Å²) < 4.78 is 35.1. The molecular weight excluding hydrogens is 495 g/mol. The molecule has 3 rings (SSSR count). The van der Waals surface area contributed by atoms with Crippen molar-refractivity contribution < 1.29 is 42.5 Å².